The normalized spacial score (nSPS) is 23.4. The molecule has 0 spiro atoms. The van der Waals surface area contributed by atoms with Gasteiger partial charge in [-0.2, -0.15) is 0 Å². The van der Waals surface area contributed by atoms with Crippen molar-refractivity contribution in [2.75, 3.05) is 38.2 Å². The van der Waals surface area contributed by atoms with Crippen LogP contribution in [0.25, 0.3) is 0 Å². The molecular weight excluding hydrogens is 278 g/mol. The van der Waals surface area contributed by atoms with E-state index in [-0.39, 0.29) is 6.03 Å². The molecule has 2 fully saturated rings. The van der Waals surface area contributed by atoms with Crippen LogP contribution in [-0.2, 0) is 4.74 Å². The first-order chi connectivity index (χ1) is 10.8. The third kappa shape index (κ3) is 4.21. The number of para-hydroxylation sites is 1. The first-order valence-corrected chi connectivity index (χ1v) is 8.23. The van der Waals surface area contributed by atoms with Crippen molar-refractivity contribution in [1.29, 1.82) is 0 Å². The summed E-state index contributed by atoms with van der Waals surface area (Å²) in [5.74, 6) is 0.583. The number of benzene rings is 1. The molecule has 5 heteroatoms. The maximum absolute atomic E-state index is 11.9. The van der Waals surface area contributed by atoms with Gasteiger partial charge in [0.2, 0.25) is 0 Å². The SMILES string of the molecule is O=C(NCC1CCN([C@@H]2CCOC2)CC1)Nc1ccccc1. The molecule has 1 atom stereocenters. The monoisotopic (exact) mass is 303 g/mol. The maximum Gasteiger partial charge on any atom is 0.319 e. The van der Waals surface area contributed by atoms with Crippen molar-refractivity contribution in [2.24, 2.45) is 5.92 Å². The number of amides is 2. The molecular formula is C17H25N3O2. The van der Waals surface area contributed by atoms with Crippen LogP contribution in [0.2, 0.25) is 0 Å². The summed E-state index contributed by atoms with van der Waals surface area (Å²) in [5.41, 5.74) is 0.830. The van der Waals surface area contributed by atoms with E-state index in [2.05, 4.69) is 15.5 Å². The summed E-state index contributed by atoms with van der Waals surface area (Å²) in [5, 5.41) is 5.85. The highest BCUT2D eigenvalue weighted by Crippen LogP contribution is 2.21. The lowest BCUT2D eigenvalue weighted by molar-refractivity contribution is 0.110. The molecule has 120 valence electrons. The van der Waals surface area contributed by atoms with E-state index in [0.29, 0.717) is 12.0 Å². The predicted molar refractivity (Wildman–Crippen MR) is 87.0 cm³/mol. The van der Waals surface area contributed by atoms with Crippen LogP contribution in [0.1, 0.15) is 19.3 Å². The summed E-state index contributed by atoms with van der Waals surface area (Å²) >= 11 is 0. The number of anilines is 1. The molecule has 0 radical (unpaired) electrons. The van der Waals surface area contributed by atoms with Gasteiger partial charge in [-0.3, -0.25) is 4.90 Å². The number of hydrogen-bond acceptors (Lipinski definition) is 3. The average Bonchev–Trinajstić information content (AvgIpc) is 3.09. The number of urea groups is 1. The van der Waals surface area contributed by atoms with E-state index >= 15 is 0 Å². The fourth-order valence-corrected chi connectivity index (χ4v) is 3.27. The Kier molecular flexibility index (Phi) is 5.29. The Bertz CT molecular complexity index is 466. The minimum Gasteiger partial charge on any atom is -0.380 e. The van der Waals surface area contributed by atoms with Crippen molar-refractivity contribution in [3.63, 3.8) is 0 Å². The molecule has 0 saturated carbocycles. The third-order valence-electron chi connectivity index (χ3n) is 4.65. The van der Waals surface area contributed by atoms with Crippen LogP contribution in [0, 0.1) is 5.92 Å². The van der Waals surface area contributed by atoms with E-state index in [1.165, 1.54) is 6.42 Å². The minimum absolute atomic E-state index is 0.113. The van der Waals surface area contributed by atoms with Gasteiger partial charge >= 0.3 is 6.03 Å². The number of likely N-dealkylation sites (tertiary alicyclic amines) is 1. The molecule has 0 aliphatic carbocycles. The van der Waals surface area contributed by atoms with Crippen molar-refractivity contribution in [1.82, 2.24) is 10.2 Å². The molecule has 2 aliphatic heterocycles. The number of piperidine rings is 1. The smallest absolute Gasteiger partial charge is 0.319 e. The Morgan fingerprint density at radius 1 is 1.18 bits per heavy atom. The minimum atomic E-state index is -0.113. The summed E-state index contributed by atoms with van der Waals surface area (Å²) < 4.78 is 5.47. The molecule has 2 saturated heterocycles. The van der Waals surface area contributed by atoms with Gasteiger partial charge in [0, 0.05) is 24.9 Å². The molecule has 1 aromatic carbocycles. The van der Waals surface area contributed by atoms with Crippen LogP contribution >= 0.6 is 0 Å². The van der Waals surface area contributed by atoms with Gasteiger partial charge in [-0.25, -0.2) is 4.79 Å². The molecule has 3 rings (SSSR count). The number of nitrogens with one attached hydrogen (secondary N) is 2. The predicted octanol–water partition coefficient (Wildman–Crippen LogP) is 2.31. The fourth-order valence-electron chi connectivity index (χ4n) is 3.27. The Hall–Kier alpha value is -1.59. The number of carbonyl (C=O) groups excluding carboxylic acids is 1. The van der Waals surface area contributed by atoms with E-state index in [1.54, 1.807) is 0 Å². The highest BCUT2D eigenvalue weighted by molar-refractivity contribution is 5.89. The van der Waals surface area contributed by atoms with Gasteiger partial charge in [0.15, 0.2) is 0 Å². The van der Waals surface area contributed by atoms with Gasteiger partial charge in [0.1, 0.15) is 0 Å². The van der Waals surface area contributed by atoms with Crippen LogP contribution in [0.3, 0.4) is 0 Å². The molecule has 2 N–H and O–H groups in total. The third-order valence-corrected chi connectivity index (χ3v) is 4.65. The molecule has 5 nitrogen and oxygen atoms in total. The van der Waals surface area contributed by atoms with Gasteiger partial charge in [0.25, 0.3) is 0 Å². The summed E-state index contributed by atoms with van der Waals surface area (Å²) in [7, 11) is 0. The summed E-state index contributed by atoms with van der Waals surface area (Å²) in [6.45, 7) is 4.81. The Morgan fingerprint density at radius 3 is 2.64 bits per heavy atom. The highest BCUT2D eigenvalue weighted by atomic mass is 16.5. The van der Waals surface area contributed by atoms with Crippen molar-refractivity contribution >= 4 is 11.7 Å². The Labute approximate surface area is 132 Å². The van der Waals surface area contributed by atoms with Crippen molar-refractivity contribution in [3.8, 4) is 0 Å². The largest absolute Gasteiger partial charge is 0.380 e. The van der Waals surface area contributed by atoms with E-state index in [9.17, 15) is 4.79 Å². The fraction of sp³-hybridized carbons (Fsp3) is 0.588. The maximum atomic E-state index is 11.9. The van der Waals surface area contributed by atoms with E-state index < -0.39 is 0 Å². The lowest BCUT2D eigenvalue weighted by Gasteiger charge is -2.35. The van der Waals surface area contributed by atoms with E-state index in [0.717, 1.165) is 51.4 Å². The van der Waals surface area contributed by atoms with Gasteiger partial charge in [0.05, 0.1) is 6.61 Å². The zero-order valence-electron chi connectivity index (χ0n) is 13.0. The van der Waals surface area contributed by atoms with Crippen molar-refractivity contribution < 1.29 is 9.53 Å². The van der Waals surface area contributed by atoms with Gasteiger partial charge in [-0.1, -0.05) is 18.2 Å². The molecule has 1 aromatic rings. The second kappa shape index (κ2) is 7.61. The van der Waals surface area contributed by atoms with Gasteiger partial charge in [-0.05, 0) is 50.4 Å². The average molecular weight is 303 g/mol. The van der Waals surface area contributed by atoms with Crippen LogP contribution in [0.15, 0.2) is 30.3 Å². The zero-order valence-corrected chi connectivity index (χ0v) is 13.0. The van der Waals surface area contributed by atoms with Crippen LogP contribution < -0.4 is 10.6 Å². The van der Waals surface area contributed by atoms with Crippen LogP contribution in [0.4, 0.5) is 10.5 Å². The first-order valence-electron chi connectivity index (χ1n) is 8.23. The lowest BCUT2D eigenvalue weighted by atomic mass is 9.95. The van der Waals surface area contributed by atoms with Crippen molar-refractivity contribution in [2.45, 2.75) is 25.3 Å². The molecule has 2 aliphatic rings. The molecule has 0 aromatic heterocycles. The quantitative estimate of drug-likeness (QED) is 0.897. The van der Waals surface area contributed by atoms with E-state index in [1.807, 2.05) is 30.3 Å². The lowest BCUT2D eigenvalue weighted by Crippen LogP contribution is -2.44. The standard InChI is InChI=1S/C17H25N3O2/c21-17(19-15-4-2-1-3-5-15)18-12-14-6-9-20(10-7-14)16-8-11-22-13-16/h1-5,14,16H,6-13H2,(H2,18,19,21)/t16-/m1/s1. The molecule has 22 heavy (non-hydrogen) atoms. The highest BCUT2D eigenvalue weighted by Gasteiger charge is 2.27. The summed E-state index contributed by atoms with van der Waals surface area (Å²) in [6, 6.07) is 10.1. The molecule has 0 bridgehead atoms. The van der Waals surface area contributed by atoms with E-state index in [4.69, 9.17) is 4.74 Å². The van der Waals surface area contributed by atoms with Gasteiger partial charge in [-0.15, -0.1) is 0 Å². The summed E-state index contributed by atoms with van der Waals surface area (Å²) in [6.07, 6.45) is 3.48. The second-order valence-corrected chi connectivity index (χ2v) is 6.20. The zero-order chi connectivity index (χ0) is 15.2. The number of rotatable bonds is 4. The Balaban J connectivity index is 1.35. The topological polar surface area (TPSA) is 53.6 Å². The summed E-state index contributed by atoms with van der Waals surface area (Å²) in [4.78, 5) is 14.4. The van der Waals surface area contributed by atoms with Gasteiger partial charge < -0.3 is 15.4 Å². The molecule has 0 unspecified atom stereocenters. The number of hydrogen-bond donors (Lipinski definition) is 2. The van der Waals surface area contributed by atoms with Crippen LogP contribution in [0.5, 0.6) is 0 Å². The first kappa shape index (κ1) is 15.3. The Morgan fingerprint density at radius 2 is 1.95 bits per heavy atom. The number of carbonyl (C=O) groups is 1. The van der Waals surface area contributed by atoms with Crippen LogP contribution in [-0.4, -0.2) is 49.8 Å². The number of nitrogens with zero attached hydrogens (tertiary/aromatic N) is 1. The number of ether oxygens (including phenoxy) is 1. The molecule has 2 heterocycles. The van der Waals surface area contributed by atoms with Crippen molar-refractivity contribution in [3.05, 3.63) is 30.3 Å². The second-order valence-electron chi connectivity index (χ2n) is 6.20. The molecule has 2 amide bonds.